The second kappa shape index (κ2) is 9.27. The Hall–Kier alpha value is -2.25. The van der Waals surface area contributed by atoms with E-state index >= 15 is 0 Å². The monoisotopic (exact) mass is 429 g/mol. The third-order valence-electron chi connectivity index (χ3n) is 6.26. The van der Waals surface area contributed by atoms with E-state index in [4.69, 9.17) is 0 Å². The van der Waals surface area contributed by atoms with Gasteiger partial charge in [-0.25, -0.2) is 4.98 Å². The van der Waals surface area contributed by atoms with Gasteiger partial charge in [0.25, 0.3) is 5.91 Å². The molecule has 7 heteroatoms. The summed E-state index contributed by atoms with van der Waals surface area (Å²) in [5, 5.41) is 14.8. The molecule has 0 unspecified atom stereocenters. The Morgan fingerprint density at radius 1 is 1.23 bits per heavy atom. The number of aliphatic hydroxyl groups excluding tert-OH is 1. The minimum Gasteiger partial charge on any atom is -0.391 e. The van der Waals surface area contributed by atoms with Crippen molar-refractivity contribution >= 4 is 23.2 Å². The lowest BCUT2D eigenvalue weighted by Crippen LogP contribution is -2.44. The number of amides is 2. The lowest BCUT2D eigenvalue weighted by atomic mass is 9.74. The largest absolute Gasteiger partial charge is 0.391 e. The highest BCUT2D eigenvalue weighted by Gasteiger charge is 2.40. The Morgan fingerprint density at radius 3 is 2.50 bits per heavy atom. The number of benzene rings is 1. The number of hydrogen-bond donors (Lipinski definition) is 2. The fourth-order valence-corrected chi connectivity index (χ4v) is 5.41. The number of carbonyl (C=O) groups is 2. The molecule has 1 fully saturated rings. The topological polar surface area (TPSA) is 82.5 Å². The first-order chi connectivity index (χ1) is 14.2. The molecule has 3 rings (SSSR count). The highest BCUT2D eigenvalue weighted by Crippen LogP contribution is 2.39. The lowest BCUT2D eigenvalue weighted by molar-refractivity contribution is -0.119. The Kier molecular flexibility index (Phi) is 6.93. The average molecular weight is 430 g/mol. The lowest BCUT2D eigenvalue weighted by Gasteiger charge is -2.34. The van der Waals surface area contributed by atoms with Crippen molar-refractivity contribution in [3.05, 3.63) is 51.5 Å². The molecule has 1 aliphatic rings. The zero-order valence-electron chi connectivity index (χ0n) is 18.1. The van der Waals surface area contributed by atoms with Crippen LogP contribution in [0, 0.1) is 13.8 Å². The van der Waals surface area contributed by atoms with Crippen LogP contribution in [0.15, 0.2) is 30.3 Å². The first-order valence-corrected chi connectivity index (χ1v) is 11.2. The summed E-state index contributed by atoms with van der Waals surface area (Å²) in [6.07, 6.45) is 2.13. The van der Waals surface area contributed by atoms with Crippen LogP contribution in [-0.4, -0.2) is 52.5 Å². The standard InChI is InChI=1S/C23H31N3O3S/c1-15-21(30-17(3)25-15)22(29)26(4)19-10-12-23(13-11-20(19)28,14-24-16(2)27)18-8-6-5-7-9-18/h5-9,19-20,28H,10-14H2,1-4H3,(H,24,27)/t19-,20-,23-/m1/s1. The van der Waals surface area contributed by atoms with Crippen molar-refractivity contribution in [1.82, 2.24) is 15.2 Å². The summed E-state index contributed by atoms with van der Waals surface area (Å²) < 4.78 is 0. The van der Waals surface area contributed by atoms with Crippen LogP contribution in [0.3, 0.4) is 0 Å². The van der Waals surface area contributed by atoms with Crippen LogP contribution in [0.2, 0.25) is 0 Å². The maximum atomic E-state index is 13.1. The van der Waals surface area contributed by atoms with Gasteiger partial charge in [-0.2, -0.15) is 0 Å². The van der Waals surface area contributed by atoms with E-state index < -0.39 is 6.10 Å². The Balaban J connectivity index is 1.84. The van der Waals surface area contributed by atoms with Gasteiger partial charge in [-0.3, -0.25) is 9.59 Å². The van der Waals surface area contributed by atoms with Crippen molar-refractivity contribution < 1.29 is 14.7 Å². The molecule has 0 spiro atoms. The van der Waals surface area contributed by atoms with Gasteiger partial charge >= 0.3 is 0 Å². The summed E-state index contributed by atoms with van der Waals surface area (Å²) in [4.78, 5) is 31.4. The molecule has 1 aliphatic carbocycles. The molecule has 2 aromatic rings. The Labute approximate surface area is 182 Å². The molecule has 30 heavy (non-hydrogen) atoms. The molecule has 1 saturated carbocycles. The van der Waals surface area contributed by atoms with Crippen molar-refractivity contribution in [1.29, 1.82) is 0 Å². The summed E-state index contributed by atoms with van der Waals surface area (Å²) in [6, 6.07) is 9.90. The zero-order valence-corrected chi connectivity index (χ0v) is 19.0. The third kappa shape index (κ3) is 4.73. The van der Waals surface area contributed by atoms with Gasteiger partial charge in [0, 0.05) is 25.9 Å². The summed E-state index contributed by atoms with van der Waals surface area (Å²) in [7, 11) is 1.77. The van der Waals surface area contributed by atoms with Crippen molar-refractivity contribution in [3.63, 3.8) is 0 Å². The van der Waals surface area contributed by atoms with Crippen LogP contribution in [0.25, 0.3) is 0 Å². The van der Waals surface area contributed by atoms with Gasteiger partial charge in [-0.05, 0) is 45.1 Å². The fourth-order valence-electron chi connectivity index (χ4n) is 4.50. The zero-order chi connectivity index (χ0) is 21.9. The van der Waals surface area contributed by atoms with E-state index in [1.807, 2.05) is 32.0 Å². The number of aryl methyl sites for hydroxylation is 2. The predicted molar refractivity (Wildman–Crippen MR) is 119 cm³/mol. The molecule has 0 radical (unpaired) electrons. The van der Waals surface area contributed by atoms with Gasteiger partial charge in [-0.15, -0.1) is 11.3 Å². The Morgan fingerprint density at radius 2 is 1.90 bits per heavy atom. The van der Waals surface area contributed by atoms with Crippen LogP contribution >= 0.6 is 11.3 Å². The van der Waals surface area contributed by atoms with Crippen LogP contribution < -0.4 is 5.32 Å². The van der Waals surface area contributed by atoms with Crippen LogP contribution in [0.5, 0.6) is 0 Å². The Bertz CT molecular complexity index is 898. The normalized spacial score (nSPS) is 24.2. The van der Waals surface area contributed by atoms with Crippen LogP contribution in [-0.2, 0) is 10.2 Å². The predicted octanol–water partition coefficient (Wildman–Crippen LogP) is 3.21. The van der Waals surface area contributed by atoms with E-state index in [9.17, 15) is 14.7 Å². The van der Waals surface area contributed by atoms with E-state index in [1.54, 1.807) is 11.9 Å². The summed E-state index contributed by atoms with van der Waals surface area (Å²) in [5.41, 5.74) is 1.64. The van der Waals surface area contributed by atoms with Crippen molar-refractivity contribution in [3.8, 4) is 0 Å². The molecule has 0 aliphatic heterocycles. The molecular formula is C23H31N3O3S. The van der Waals surface area contributed by atoms with Crippen LogP contribution in [0.4, 0.5) is 0 Å². The first-order valence-electron chi connectivity index (χ1n) is 10.4. The molecule has 3 atom stereocenters. The van der Waals surface area contributed by atoms with Gasteiger partial charge in [0.05, 0.1) is 22.8 Å². The molecule has 6 nitrogen and oxygen atoms in total. The van der Waals surface area contributed by atoms with E-state index in [0.29, 0.717) is 24.3 Å². The number of nitrogens with one attached hydrogen (secondary N) is 1. The van der Waals surface area contributed by atoms with Crippen molar-refractivity contribution in [2.45, 2.75) is 64.0 Å². The minimum absolute atomic E-state index is 0.0602. The van der Waals surface area contributed by atoms with E-state index in [1.165, 1.54) is 18.3 Å². The van der Waals surface area contributed by atoms with E-state index in [0.717, 1.165) is 29.1 Å². The maximum Gasteiger partial charge on any atom is 0.265 e. The van der Waals surface area contributed by atoms with Gasteiger partial charge in [0.2, 0.25) is 5.91 Å². The second-order valence-electron chi connectivity index (χ2n) is 8.33. The summed E-state index contributed by atoms with van der Waals surface area (Å²) >= 11 is 1.40. The molecule has 162 valence electrons. The minimum atomic E-state index is -0.615. The molecule has 1 aromatic carbocycles. The summed E-state index contributed by atoms with van der Waals surface area (Å²) in [5.74, 6) is -0.147. The third-order valence-corrected chi connectivity index (χ3v) is 7.32. The molecule has 0 bridgehead atoms. The molecular weight excluding hydrogens is 398 g/mol. The van der Waals surface area contributed by atoms with E-state index in [-0.39, 0.29) is 23.3 Å². The van der Waals surface area contributed by atoms with Gasteiger partial charge < -0.3 is 15.3 Å². The highest BCUT2D eigenvalue weighted by molar-refractivity contribution is 7.13. The SMILES string of the molecule is CC(=O)NC[C@]1(c2ccccc2)CC[C@@H](O)[C@H](N(C)C(=O)c2sc(C)nc2C)CC1. The van der Waals surface area contributed by atoms with Crippen molar-refractivity contribution in [2.75, 3.05) is 13.6 Å². The highest BCUT2D eigenvalue weighted by atomic mass is 32.1. The number of likely N-dealkylation sites (N-methyl/N-ethyl adjacent to an activating group) is 1. The van der Waals surface area contributed by atoms with Crippen LogP contribution in [0.1, 0.15) is 58.5 Å². The summed E-state index contributed by atoms with van der Waals surface area (Å²) in [6.45, 7) is 5.79. The molecule has 1 heterocycles. The number of nitrogens with zero attached hydrogens (tertiary/aromatic N) is 2. The second-order valence-corrected chi connectivity index (χ2v) is 9.53. The number of rotatable bonds is 5. The average Bonchev–Trinajstić information content (AvgIpc) is 2.97. The quantitative estimate of drug-likeness (QED) is 0.715. The molecule has 2 amide bonds. The molecule has 2 N–H and O–H groups in total. The fraction of sp³-hybridized carbons (Fsp3) is 0.522. The number of thiazole rings is 1. The van der Waals surface area contributed by atoms with E-state index in [2.05, 4.69) is 22.4 Å². The smallest absolute Gasteiger partial charge is 0.265 e. The van der Waals surface area contributed by atoms with Gasteiger partial charge in [0.15, 0.2) is 0 Å². The molecule has 0 saturated heterocycles. The van der Waals surface area contributed by atoms with Gasteiger partial charge in [-0.1, -0.05) is 30.3 Å². The van der Waals surface area contributed by atoms with Gasteiger partial charge in [0.1, 0.15) is 4.88 Å². The number of aliphatic hydroxyl groups is 1. The maximum absolute atomic E-state index is 13.1. The molecule has 1 aromatic heterocycles. The first kappa shape index (κ1) is 22.4. The van der Waals surface area contributed by atoms with Crippen molar-refractivity contribution in [2.24, 2.45) is 0 Å². The number of aromatic nitrogens is 1. The number of hydrogen-bond acceptors (Lipinski definition) is 5. The number of carbonyl (C=O) groups excluding carboxylic acids is 2.